The molecule has 1 aliphatic rings. The molecule has 26 heavy (non-hydrogen) atoms. The minimum Gasteiger partial charge on any atom is -0.495 e. The number of ether oxygens (including phenoxy) is 1. The number of hydrogen-bond donors (Lipinski definition) is 3. The molecule has 0 amide bonds. The molecule has 2 heterocycles. The Balaban J connectivity index is 1.54. The Morgan fingerprint density at radius 1 is 1.08 bits per heavy atom. The van der Waals surface area contributed by atoms with Gasteiger partial charge in [0.05, 0.1) is 25.4 Å². The SMILES string of the molecule is COc1ccccc1N1CCN(CC(O)Cn2c(O)cc(C)c2O)CC1. The van der Waals surface area contributed by atoms with Crippen LogP contribution in [0.1, 0.15) is 5.56 Å². The first-order valence-electron chi connectivity index (χ1n) is 8.86. The van der Waals surface area contributed by atoms with E-state index in [2.05, 4.69) is 15.9 Å². The molecule has 7 nitrogen and oxygen atoms in total. The summed E-state index contributed by atoms with van der Waals surface area (Å²) in [6.07, 6.45) is -0.670. The molecule has 2 aromatic rings. The van der Waals surface area contributed by atoms with Crippen LogP contribution in [0.2, 0.25) is 0 Å². The second-order valence-electron chi connectivity index (χ2n) is 6.73. The molecule has 0 bridgehead atoms. The van der Waals surface area contributed by atoms with Gasteiger partial charge in [0.1, 0.15) is 5.75 Å². The maximum atomic E-state index is 10.4. The molecule has 1 unspecified atom stereocenters. The van der Waals surface area contributed by atoms with E-state index in [-0.39, 0.29) is 18.3 Å². The normalized spacial score (nSPS) is 16.7. The van der Waals surface area contributed by atoms with Crippen LogP contribution < -0.4 is 9.64 Å². The second kappa shape index (κ2) is 7.88. The van der Waals surface area contributed by atoms with Crippen LogP contribution in [-0.4, -0.2) is 70.7 Å². The Bertz CT molecular complexity index is 738. The largest absolute Gasteiger partial charge is 0.495 e. The van der Waals surface area contributed by atoms with Crippen LogP contribution in [-0.2, 0) is 6.54 Å². The number of piperazine rings is 1. The zero-order chi connectivity index (χ0) is 18.7. The van der Waals surface area contributed by atoms with Crippen LogP contribution in [0.15, 0.2) is 30.3 Å². The average molecular weight is 361 g/mol. The van der Waals surface area contributed by atoms with Crippen molar-refractivity contribution in [2.24, 2.45) is 0 Å². The highest BCUT2D eigenvalue weighted by molar-refractivity contribution is 5.58. The summed E-state index contributed by atoms with van der Waals surface area (Å²) in [6, 6.07) is 9.48. The maximum absolute atomic E-state index is 10.4. The topological polar surface area (TPSA) is 81.3 Å². The lowest BCUT2D eigenvalue weighted by molar-refractivity contribution is 0.0908. The van der Waals surface area contributed by atoms with Gasteiger partial charge in [-0.05, 0) is 19.1 Å². The molecule has 0 radical (unpaired) electrons. The van der Waals surface area contributed by atoms with Crippen molar-refractivity contribution in [3.63, 3.8) is 0 Å². The fourth-order valence-electron chi connectivity index (χ4n) is 3.47. The van der Waals surface area contributed by atoms with E-state index in [0.29, 0.717) is 12.1 Å². The van der Waals surface area contributed by atoms with Gasteiger partial charge in [0.15, 0.2) is 11.8 Å². The molecule has 3 rings (SSSR count). The molecule has 0 spiro atoms. The van der Waals surface area contributed by atoms with E-state index >= 15 is 0 Å². The van der Waals surface area contributed by atoms with Gasteiger partial charge in [0.2, 0.25) is 0 Å². The van der Waals surface area contributed by atoms with Gasteiger partial charge < -0.3 is 25.0 Å². The number of methoxy groups -OCH3 is 1. The molecular weight excluding hydrogens is 334 g/mol. The first kappa shape index (κ1) is 18.4. The number of aliphatic hydroxyl groups excluding tert-OH is 1. The minimum atomic E-state index is -0.670. The van der Waals surface area contributed by atoms with Crippen LogP contribution >= 0.6 is 0 Å². The quantitative estimate of drug-likeness (QED) is 0.722. The summed E-state index contributed by atoms with van der Waals surface area (Å²) in [5.41, 5.74) is 1.69. The van der Waals surface area contributed by atoms with E-state index in [1.165, 1.54) is 10.6 Å². The molecule has 1 aromatic heterocycles. The number of nitrogens with zero attached hydrogens (tertiary/aromatic N) is 3. The molecule has 142 valence electrons. The van der Waals surface area contributed by atoms with Gasteiger partial charge >= 0.3 is 0 Å². The highest BCUT2D eigenvalue weighted by Gasteiger charge is 2.22. The number of aromatic nitrogens is 1. The first-order chi connectivity index (χ1) is 12.5. The monoisotopic (exact) mass is 361 g/mol. The summed E-state index contributed by atoms with van der Waals surface area (Å²) >= 11 is 0. The molecular formula is C19H27N3O4. The molecule has 1 aliphatic heterocycles. The maximum Gasteiger partial charge on any atom is 0.196 e. The molecule has 1 atom stereocenters. The van der Waals surface area contributed by atoms with Crippen molar-refractivity contribution in [2.45, 2.75) is 19.6 Å². The van der Waals surface area contributed by atoms with E-state index in [4.69, 9.17) is 4.74 Å². The summed E-state index contributed by atoms with van der Waals surface area (Å²) in [5.74, 6) is 0.845. The van der Waals surface area contributed by atoms with Crippen molar-refractivity contribution < 1.29 is 20.1 Å². The zero-order valence-corrected chi connectivity index (χ0v) is 15.3. The Kier molecular flexibility index (Phi) is 5.58. The van der Waals surface area contributed by atoms with Gasteiger partial charge in [-0.15, -0.1) is 0 Å². The fourth-order valence-corrected chi connectivity index (χ4v) is 3.47. The lowest BCUT2D eigenvalue weighted by atomic mass is 10.2. The van der Waals surface area contributed by atoms with Crippen LogP contribution in [0.5, 0.6) is 17.5 Å². The van der Waals surface area contributed by atoms with E-state index in [9.17, 15) is 15.3 Å². The summed E-state index contributed by atoms with van der Waals surface area (Å²) in [6.45, 7) is 5.75. The van der Waals surface area contributed by atoms with Crippen molar-refractivity contribution in [1.82, 2.24) is 9.47 Å². The molecule has 7 heteroatoms. The van der Waals surface area contributed by atoms with E-state index in [1.54, 1.807) is 14.0 Å². The first-order valence-corrected chi connectivity index (χ1v) is 8.86. The summed E-state index contributed by atoms with van der Waals surface area (Å²) in [5, 5.41) is 30.1. The number of benzene rings is 1. The number of aryl methyl sites for hydroxylation is 1. The highest BCUT2D eigenvalue weighted by atomic mass is 16.5. The molecule has 1 aromatic carbocycles. The zero-order valence-electron chi connectivity index (χ0n) is 15.3. The van der Waals surface area contributed by atoms with Gasteiger partial charge in [0, 0.05) is 44.4 Å². The summed E-state index contributed by atoms with van der Waals surface area (Å²) < 4.78 is 6.77. The Morgan fingerprint density at radius 2 is 1.77 bits per heavy atom. The van der Waals surface area contributed by atoms with Gasteiger partial charge in [-0.2, -0.15) is 0 Å². The van der Waals surface area contributed by atoms with E-state index < -0.39 is 6.10 Å². The van der Waals surface area contributed by atoms with Crippen LogP contribution in [0.4, 0.5) is 5.69 Å². The lowest BCUT2D eigenvalue weighted by Gasteiger charge is -2.37. The van der Waals surface area contributed by atoms with Gasteiger partial charge in [0.25, 0.3) is 0 Å². The molecule has 0 aliphatic carbocycles. The Hall–Kier alpha value is -2.38. The molecule has 0 saturated carbocycles. The summed E-state index contributed by atoms with van der Waals surface area (Å²) in [4.78, 5) is 4.48. The van der Waals surface area contributed by atoms with Crippen molar-refractivity contribution in [1.29, 1.82) is 0 Å². The Labute approximate surface area is 153 Å². The van der Waals surface area contributed by atoms with Crippen molar-refractivity contribution >= 4 is 5.69 Å². The number of rotatable bonds is 6. The number of aliphatic hydroxyl groups is 1. The smallest absolute Gasteiger partial charge is 0.196 e. The lowest BCUT2D eigenvalue weighted by Crippen LogP contribution is -2.49. The van der Waals surface area contributed by atoms with Gasteiger partial charge in [-0.25, -0.2) is 0 Å². The fraction of sp³-hybridized carbons (Fsp3) is 0.474. The van der Waals surface area contributed by atoms with Crippen molar-refractivity contribution in [3.05, 3.63) is 35.9 Å². The number of para-hydroxylation sites is 2. The number of β-amino-alcohol motifs (C(OH)–C–C–N with tert-alkyl or cyclic N) is 1. The molecule has 3 N–H and O–H groups in total. The standard InChI is InChI=1S/C19H27N3O4/c1-14-11-18(24)22(19(14)25)13-15(23)12-20-7-9-21(10-8-20)16-5-3-4-6-17(16)26-2/h3-6,11,15,23-25H,7-10,12-13H2,1-2H3. The molecule has 1 saturated heterocycles. The van der Waals surface area contributed by atoms with Crippen LogP contribution in [0.3, 0.4) is 0 Å². The van der Waals surface area contributed by atoms with Gasteiger partial charge in [-0.1, -0.05) is 12.1 Å². The predicted molar refractivity (Wildman–Crippen MR) is 100 cm³/mol. The predicted octanol–water partition coefficient (Wildman–Crippen LogP) is 1.40. The van der Waals surface area contributed by atoms with E-state index in [0.717, 1.165) is 37.6 Å². The van der Waals surface area contributed by atoms with Crippen molar-refractivity contribution in [2.75, 3.05) is 44.7 Å². The minimum absolute atomic E-state index is 0.00235. The van der Waals surface area contributed by atoms with Gasteiger partial charge in [-0.3, -0.25) is 9.47 Å². The third-order valence-electron chi connectivity index (χ3n) is 4.89. The third-order valence-corrected chi connectivity index (χ3v) is 4.89. The number of hydrogen-bond acceptors (Lipinski definition) is 6. The highest BCUT2D eigenvalue weighted by Crippen LogP contribution is 2.29. The van der Waals surface area contributed by atoms with Crippen molar-refractivity contribution in [3.8, 4) is 17.5 Å². The number of anilines is 1. The average Bonchev–Trinajstić information content (AvgIpc) is 2.88. The van der Waals surface area contributed by atoms with Crippen LogP contribution in [0, 0.1) is 6.92 Å². The summed E-state index contributed by atoms with van der Waals surface area (Å²) in [7, 11) is 1.68. The number of aromatic hydroxyl groups is 2. The second-order valence-corrected chi connectivity index (χ2v) is 6.73. The Morgan fingerprint density at radius 3 is 2.38 bits per heavy atom. The molecule has 1 fully saturated rings. The van der Waals surface area contributed by atoms with Crippen LogP contribution in [0.25, 0.3) is 0 Å². The third kappa shape index (κ3) is 3.89. The van der Waals surface area contributed by atoms with E-state index in [1.807, 2.05) is 18.2 Å².